The number of hydrogen-bond acceptors (Lipinski definition) is 6. The van der Waals surface area contributed by atoms with Gasteiger partial charge in [-0.1, -0.05) is 121 Å². The number of hydrogen-bond donors (Lipinski definition) is 2. The first-order chi connectivity index (χ1) is 24.4. The van der Waals surface area contributed by atoms with Crippen LogP contribution in [0.25, 0.3) is 22.3 Å². The molecule has 7 rings (SSSR count). The van der Waals surface area contributed by atoms with Crippen LogP contribution in [0.1, 0.15) is 31.8 Å². The smallest absolute Gasteiger partial charge is 0.196 e. The summed E-state index contributed by atoms with van der Waals surface area (Å²) in [7, 11) is 0. The fourth-order valence-corrected chi connectivity index (χ4v) is 5.67. The van der Waals surface area contributed by atoms with Crippen LogP contribution in [-0.2, 0) is 0 Å². The largest absolute Gasteiger partial charge is 0.454 e. The summed E-state index contributed by atoms with van der Waals surface area (Å²) in [4.78, 5) is 27.5. The quantitative estimate of drug-likeness (QED) is 0.113. The third-order valence-electron chi connectivity index (χ3n) is 8.35. The zero-order chi connectivity index (χ0) is 34.5. The first-order valence-electron chi connectivity index (χ1n) is 16.1. The molecule has 0 unspecified atom stereocenters. The molecule has 0 aromatic heterocycles. The minimum absolute atomic E-state index is 0.255. The lowest BCUT2D eigenvalue weighted by Crippen LogP contribution is -2.07. The van der Waals surface area contributed by atoms with E-state index in [2.05, 4.69) is 0 Å². The maximum atomic E-state index is 13.8. The topological polar surface area (TPSA) is 105 Å². The lowest BCUT2D eigenvalue weighted by molar-refractivity contribution is 0.102. The van der Waals surface area contributed by atoms with Crippen molar-refractivity contribution >= 4 is 22.9 Å². The molecule has 0 aliphatic carbocycles. The first kappa shape index (κ1) is 31.7. The lowest BCUT2D eigenvalue weighted by Gasteiger charge is -2.14. The highest BCUT2D eigenvalue weighted by atomic mass is 16.5. The number of rotatable bonds is 10. The Morgan fingerprint density at radius 3 is 1.12 bits per heavy atom. The molecule has 50 heavy (non-hydrogen) atoms. The molecule has 6 heteroatoms. The van der Waals surface area contributed by atoms with E-state index in [1.165, 1.54) is 0 Å². The van der Waals surface area contributed by atoms with E-state index in [0.717, 1.165) is 22.3 Å². The van der Waals surface area contributed by atoms with E-state index in [9.17, 15) is 9.59 Å². The van der Waals surface area contributed by atoms with Crippen molar-refractivity contribution in [3.05, 3.63) is 192 Å². The molecule has 0 atom stereocenters. The van der Waals surface area contributed by atoms with E-state index in [1.807, 2.05) is 84.9 Å². The SMILES string of the molecule is Nc1ccc(-c2ccccc2)cc1Oc1ccccc1C(=O)c1ccc(C(=O)c2ccccc2Oc2cc(-c3ccccc3)ccc2N)cc1. The summed E-state index contributed by atoms with van der Waals surface area (Å²) in [5.74, 6) is 1.13. The zero-order valence-corrected chi connectivity index (χ0v) is 27.0. The minimum Gasteiger partial charge on any atom is -0.454 e. The Kier molecular flexibility index (Phi) is 8.90. The van der Waals surface area contributed by atoms with Crippen molar-refractivity contribution in [2.75, 3.05) is 11.5 Å². The molecule has 0 radical (unpaired) electrons. The number of anilines is 2. The Morgan fingerprint density at radius 1 is 0.360 bits per heavy atom. The van der Waals surface area contributed by atoms with E-state index in [4.69, 9.17) is 20.9 Å². The second-order valence-electron chi connectivity index (χ2n) is 11.7. The maximum absolute atomic E-state index is 13.8. The van der Waals surface area contributed by atoms with Crippen LogP contribution >= 0.6 is 0 Å². The Balaban J connectivity index is 1.11. The number of nitrogen functional groups attached to an aromatic ring is 2. The lowest BCUT2D eigenvalue weighted by atomic mass is 9.97. The summed E-state index contributed by atoms with van der Waals surface area (Å²) < 4.78 is 12.5. The Bertz CT molecular complexity index is 2150. The fourth-order valence-electron chi connectivity index (χ4n) is 5.67. The van der Waals surface area contributed by atoms with Gasteiger partial charge in [-0.2, -0.15) is 0 Å². The van der Waals surface area contributed by atoms with Gasteiger partial charge in [-0.3, -0.25) is 9.59 Å². The van der Waals surface area contributed by atoms with Crippen LogP contribution in [0, 0.1) is 0 Å². The average Bonchev–Trinajstić information content (AvgIpc) is 3.17. The van der Waals surface area contributed by atoms with Gasteiger partial charge in [0.15, 0.2) is 23.1 Å². The van der Waals surface area contributed by atoms with Crippen LogP contribution in [0.3, 0.4) is 0 Å². The second kappa shape index (κ2) is 14.1. The van der Waals surface area contributed by atoms with Crippen LogP contribution < -0.4 is 20.9 Å². The molecule has 0 spiro atoms. The molecule has 0 saturated heterocycles. The highest BCUT2D eigenvalue weighted by Gasteiger charge is 2.20. The number of carbonyl (C=O) groups excluding carboxylic acids is 2. The molecule has 0 aliphatic heterocycles. The molecule has 0 saturated carbocycles. The number of para-hydroxylation sites is 2. The molecule has 0 bridgehead atoms. The third-order valence-corrected chi connectivity index (χ3v) is 8.35. The van der Waals surface area contributed by atoms with Crippen molar-refractivity contribution in [2.45, 2.75) is 0 Å². The summed E-state index contributed by atoms with van der Waals surface area (Å²) in [5.41, 5.74) is 18.9. The number of benzene rings is 7. The van der Waals surface area contributed by atoms with Crippen molar-refractivity contribution < 1.29 is 19.1 Å². The molecule has 242 valence electrons. The molecule has 7 aromatic carbocycles. The summed E-state index contributed by atoms with van der Waals surface area (Å²) in [6.07, 6.45) is 0. The molecule has 0 aliphatic rings. The molecule has 6 nitrogen and oxygen atoms in total. The molecule has 0 heterocycles. The van der Waals surface area contributed by atoms with Gasteiger partial charge in [-0.25, -0.2) is 0 Å². The molecule has 0 amide bonds. The minimum atomic E-state index is -0.255. The van der Waals surface area contributed by atoms with Crippen molar-refractivity contribution in [1.82, 2.24) is 0 Å². The third kappa shape index (κ3) is 6.72. The summed E-state index contributed by atoms with van der Waals surface area (Å²) in [6, 6.07) is 51.6. The van der Waals surface area contributed by atoms with Gasteiger partial charge in [0, 0.05) is 11.1 Å². The molecule has 7 aromatic rings. The van der Waals surface area contributed by atoms with Crippen LogP contribution in [-0.4, -0.2) is 11.6 Å². The van der Waals surface area contributed by atoms with Crippen molar-refractivity contribution in [1.29, 1.82) is 0 Å². The molecule has 0 fully saturated rings. The van der Waals surface area contributed by atoms with E-state index < -0.39 is 0 Å². The highest BCUT2D eigenvalue weighted by Crippen LogP contribution is 2.36. The summed E-state index contributed by atoms with van der Waals surface area (Å²) in [6.45, 7) is 0. The normalized spacial score (nSPS) is 10.7. The van der Waals surface area contributed by atoms with Gasteiger partial charge in [0.25, 0.3) is 0 Å². The Hall–Kier alpha value is -6.92. The van der Waals surface area contributed by atoms with Crippen LogP contribution in [0.4, 0.5) is 11.4 Å². The first-order valence-corrected chi connectivity index (χ1v) is 16.1. The van der Waals surface area contributed by atoms with Gasteiger partial charge in [-0.05, 0) is 70.8 Å². The average molecular weight is 653 g/mol. The highest BCUT2D eigenvalue weighted by molar-refractivity contribution is 6.13. The monoisotopic (exact) mass is 652 g/mol. The molecular formula is C44H32N2O4. The van der Waals surface area contributed by atoms with Crippen LogP contribution in [0.5, 0.6) is 23.0 Å². The molecule has 4 N–H and O–H groups in total. The van der Waals surface area contributed by atoms with Crippen LogP contribution in [0.15, 0.2) is 170 Å². The van der Waals surface area contributed by atoms with Gasteiger partial charge in [0.1, 0.15) is 11.5 Å². The van der Waals surface area contributed by atoms with Crippen molar-refractivity contribution in [2.24, 2.45) is 0 Å². The zero-order valence-electron chi connectivity index (χ0n) is 27.0. The van der Waals surface area contributed by atoms with E-state index >= 15 is 0 Å². The fraction of sp³-hybridized carbons (Fsp3) is 0. The number of ether oxygens (including phenoxy) is 2. The second-order valence-corrected chi connectivity index (χ2v) is 11.7. The Morgan fingerprint density at radius 2 is 0.720 bits per heavy atom. The van der Waals surface area contributed by atoms with E-state index in [-0.39, 0.29) is 11.6 Å². The number of nitrogens with two attached hydrogens (primary N) is 2. The van der Waals surface area contributed by atoms with Crippen LogP contribution in [0.2, 0.25) is 0 Å². The van der Waals surface area contributed by atoms with E-state index in [0.29, 0.717) is 56.6 Å². The van der Waals surface area contributed by atoms with Gasteiger partial charge in [0.05, 0.1) is 22.5 Å². The van der Waals surface area contributed by atoms with Gasteiger partial charge < -0.3 is 20.9 Å². The van der Waals surface area contributed by atoms with Gasteiger partial charge >= 0.3 is 0 Å². The Labute approximate surface area is 290 Å². The predicted molar refractivity (Wildman–Crippen MR) is 199 cm³/mol. The van der Waals surface area contributed by atoms with Crippen molar-refractivity contribution in [3.63, 3.8) is 0 Å². The van der Waals surface area contributed by atoms with Crippen molar-refractivity contribution in [3.8, 4) is 45.3 Å². The molecular weight excluding hydrogens is 620 g/mol. The predicted octanol–water partition coefficient (Wildman–Crippen LogP) is 10.2. The maximum Gasteiger partial charge on any atom is 0.196 e. The van der Waals surface area contributed by atoms with E-state index in [1.54, 1.807) is 84.9 Å². The summed E-state index contributed by atoms with van der Waals surface area (Å²) in [5, 5.41) is 0. The number of carbonyl (C=O) groups is 2. The standard InChI is InChI=1S/C44H32N2O4/c45-37-25-23-33(29-11-3-1-4-12-29)27-41(37)49-39-17-9-7-15-35(39)43(47)31-19-21-32(22-20-31)44(48)36-16-8-10-18-40(36)50-42-28-34(24-26-38(42)46)30-13-5-2-6-14-30/h1-28H,45-46H2. The van der Waals surface area contributed by atoms with Gasteiger partial charge in [-0.15, -0.1) is 0 Å². The number of ketones is 2. The van der Waals surface area contributed by atoms with Gasteiger partial charge in [0.2, 0.25) is 0 Å². The summed E-state index contributed by atoms with van der Waals surface area (Å²) >= 11 is 0.